The molecule has 1 aromatic heterocycles. The Morgan fingerprint density at radius 3 is 2.43 bits per heavy atom. The number of likely N-dealkylation sites (tertiary alicyclic amines) is 1. The van der Waals surface area contributed by atoms with E-state index in [0.717, 1.165) is 27.6 Å². The van der Waals surface area contributed by atoms with E-state index in [1.165, 1.54) is 17.0 Å². The number of fused-ring (bicyclic) bond motifs is 1. The van der Waals surface area contributed by atoms with Crippen LogP contribution in [0.3, 0.4) is 0 Å². The van der Waals surface area contributed by atoms with Crippen molar-refractivity contribution >= 4 is 28.4 Å². The maximum absolute atomic E-state index is 13.5. The molecule has 7 heteroatoms. The minimum absolute atomic E-state index is 0.0157. The number of ether oxygens (including phenoxy) is 1. The number of hydrogen-bond acceptors (Lipinski definition) is 5. The zero-order valence-corrected chi connectivity index (χ0v) is 23.1. The number of Topliss-reactive ketones (excluding diaryl/α,β-unsaturated/α-hetero) is 1. The number of ketones is 1. The summed E-state index contributed by atoms with van der Waals surface area (Å²) in [5.74, 6) is -0.944. The number of aryl methyl sites for hydroxylation is 1. The normalized spacial score (nSPS) is 16.3. The highest BCUT2D eigenvalue weighted by Gasteiger charge is 2.46. The van der Waals surface area contributed by atoms with Gasteiger partial charge in [-0.15, -0.1) is 0 Å². The molecule has 5 aromatic rings. The average Bonchev–Trinajstić information content (AvgIpc) is 3.53. The lowest BCUT2D eigenvalue weighted by Crippen LogP contribution is -2.31. The van der Waals surface area contributed by atoms with Crippen molar-refractivity contribution in [3.63, 3.8) is 0 Å². The molecule has 0 saturated carbocycles. The number of nitrogens with zero attached hydrogens (tertiary/aromatic N) is 1. The number of aromatic amines is 1. The first kappa shape index (κ1) is 26.9. The molecule has 1 fully saturated rings. The third kappa shape index (κ3) is 5.12. The fraction of sp³-hybridized carbons (Fsp3) is 0.143. The minimum Gasteiger partial charge on any atom is -0.508 e. The lowest BCUT2D eigenvalue weighted by atomic mass is 9.94. The third-order valence-corrected chi connectivity index (χ3v) is 7.73. The summed E-state index contributed by atoms with van der Waals surface area (Å²) in [6.07, 6.45) is 2.43. The summed E-state index contributed by atoms with van der Waals surface area (Å²) in [4.78, 5) is 31.7. The van der Waals surface area contributed by atoms with Crippen LogP contribution in [0.4, 0.5) is 0 Å². The molecule has 0 spiro atoms. The van der Waals surface area contributed by atoms with Crippen LogP contribution in [0.1, 0.15) is 33.9 Å². The quantitative estimate of drug-likeness (QED) is 0.116. The van der Waals surface area contributed by atoms with Crippen LogP contribution in [-0.4, -0.2) is 38.3 Å². The average molecular weight is 559 g/mol. The maximum atomic E-state index is 13.5. The van der Waals surface area contributed by atoms with Gasteiger partial charge in [0.1, 0.15) is 23.9 Å². The van der Waals surface area contributed by atoms with Gasteiger partial charge in [-0.1, -0.05) is 60.7 Å². The number of benzene rings is 4. The molecule has 0 radical (unpaired) electrons. The van der Waals surface area contributed by atoms with Crippen LogP contribution in [0.15, 0.2) is 109 Å². The van der Waals surface area contributed by atoms with Crippen molar-refractivity contribution in [3.05, 3.63) is 137 Å². The molecule has 42 heavy (non-hydrogen) atoms. The first-order chi connectivity index (χ1) is 20.4. The second kappa shape index (κ2) is 11.3. The second-order valence-electron chi connectivity index (χ2n) is 10.4. The minimum atomic E-state index is -0.815. The van der Waals surface area contributed by atoms with Gasteiger partial charge in [-0.2, -0.15) is 0 Å². The number of para-hydroxylation sites is 1. The van der Waals surface area contributed by atoms with Gasteiger partial charge < -0.3 is 24.8 Å². The van der Waals surface area contributed by atoms with E-state index in [2.05, 4.69) is 4.98 Å². The van der Waals surface area contributed by atoms with Crippen molar-refractivity contribution < 1.29 is 24.5 Å². The van der Waals surface area contributed by atoms with Crippen LogP contribution < -0.4 is 4.74 Å². The summed E-state index contributed by atoms with van der Waals surface area (Å²) >= 11 is 0. The lowest BCUT2D eigenvalue weighted by Gasteiger charge is -2.25. The van der Waals surface area contributed by atoms with E-state index in [-0.39, 0.29) is 23.6 Å². The Kier molecular flexibility index (Phi) is 7.23. The number of hydrogen-bond donors (Lipinski definition) is 3. The van der Waals surface area contributed by atoms with E-state index >= 15 is 0 Å². The van der Waals surface area contributed by atoms with Gasteiger partial charge in [-0.25, -0.2) is 0 Å². The molecule has 1 saturated heterocycles. The number of H-pyrrole nitrogens is 1. The number of carbonyl (C=O) groups is 2. The van der Waals surface area contributed by atoms with Gasteiger partial charge >= 0.3 is 0 Å². The Morgan fingerprint density at radius 2 is 1.67 bits per heavy atom. The van der Waals surface area contributed by atoms with Gasteiger partial charge in [0, 0.05) is 29.2 Å². The number of aromatic nitrogens is 1. The van der Waals surface area contributed by atoms with Crippen LogP contribution in [0.5, 0.6) is 11.5 Å². The highest BCUT2D eigenvalue weighted by atomic mass is 16.5. The molecule has 2 heterocycles. The highest BCUT2D eigenvalue weighted by molar-refractivity contribution is 6.46. The van der Waals surface area contributed by atoms with Crippen LogP contribution in [0, 0.1) is 6.92 Å². The Morgan fingerprint density at radius 1 is 0.929 bits per heavy atom. The maximum Gasteiger partial charge on any atom is 0.295 e. The van der Waals surface area contributed by atoms with E-state index < -0.39 is 17.7 Å². The Bertz CT molecular complexity index is 1800. The summed E-state index contributed by atoms with van der Waals surface area (Å²) in [6, 6.07) is 28.5. The van der Waals surface area contributed by atoms with Gasteiger partial charge in [0.25, 0.3) is 11.7 Å². The van der Waals surface area contributed by atoms with Crippen LogP contribution >= 0.6 is 0 Å². The fourth-order valence-corrected chi connectivity index (χ4v) is 5.54. The summed E-state index contributed by atoms with van der Waals surface area (Å²) < 4.78 is 5.98. The predicted molar refractivity (Wildman–Crippen MR) is 161 cm³/mol. The van der Waals surface area contributed by atoms with Gasteiger partial charge in [-0.3, -0.25) is 9.59 Å². The molecule has 0 bridgehead atoms. The van der Waals surface area contributed by atoms with Crippen molar-refractivity contribution in [2.45, 2.75) is 26.0 Å². The summed E-state index contributed by atoms with van der Waals surface area (Å²) in [7, 11) is 0. The van der Waals surface area contributed by atoms with Gasteiger partial charge in [0.15, 0.2) is 0 Å². The lowest BCUT2D eigenvalue weighted by molar-refractivity contribution is -0.139. The highest BCUT2D eigenvalue weighted by Crippen LogP contribution is 2.40. The second-order valence-corrected chi connectivity index (χ2v) is 10.4. The molecule has 1 aliphatic heterocycles. The number of nitrogens with one attached hydrogen (secondary N) is 1. The molecule has 210 valence electrons. The monoisotopic (exact) mass is 558 g/mol. The molecule has 4 aromatic carbocycles. The summed E-state index contributed by atoms with van der Waals surface area (Å²) in [5.41, 5.74) is 4.89. The molecule has 1 amide bonds. The molecular weight excluding hydrogens is 528 g/mol. The molecule has 0 aliphatic carbocycles. The smallest absolute Gasteiger partial charge is 0.295 e. The number of amides is 1. The Balaban J connectivity index is 1.33. The van der Waals surface area contributed by atoms with E-state index in [4.69, 9.17) is 4.74 Å². The van der Waals surface area contributed by atoms with Crippen molar-refractivity contribution in [1.82, 2.24) is 9.88 Å². The number of phenols is 1. The molecule has 1 aliphatic rings. The standard InChI is InChI=1S/C35H30N2O5/c1-22-19-25(13-16-30(22)42-21-23-7-3-2-4-8-23)33(39)31-32(24-11-14-27(38)15-12-24)37(35(41)34(31)40)18-17-26-20-36-29-10-6-5-9-28(26)29/h2-16,19-20,32,36,38-39H,17-18,21H2,1H3/b33-31+. The molecular formula is C35H30N2O5. The van der Waals surface area contributed by atoms with E-state index in [9.17, 15) is 19.8 Å². The zero-order chi connectivity index (χ0) is 29.2. The SMILES string of the molecule is Cc1cc(/C(O)=C2\C(=O)C(=O)N(CCc3c[nH]c4ccccc34)C2c2ccc(O)cc2)ccc1OCc1ccccc1. The summed E-state index contributed by atoms with van der Waals surface area (Å²) in [5, 5.41) is 22.5. The fourth-order valence-electron chi connectivity index (χ4n) is 5.54. The van der Waals surface area contributed by atoms with Crippen molar-refractivity contribution in [1.29, 1.82) is 0 Å². The molecule has 7 nitrogen and oxygen atoms in total. The largest absolute Gasteiger partial charge is 0.508 e. The predicted octanol–water partition coefficient (Wildman–Crippen LogP) is 6.43. The van der Waals surface area contributed by atoms with Gasteiger partial charge in [0.2, 0.25) is 0 Å². The number of aliphatic hydroxyl groups is 1. The van der Waals surface area contributed by atoms with E-state index in [1.54, 1.807) is 30.3 Å². The number of carbonyl (C=O) groups excluding carboxylic acids is 2. The number of phenolic OH excluding ortho intramolecular Hbond substituents is 1. The van der Waals surface area contributed by atoms with E-state index in [1.807, 2.05) is 67.7 Å². The summed E-state index contributed by atoms with van der Waals surface area (Å²) in [6.45, 7) is 2.53. The zero-order valence-electron chi connectivity index (χ0n) is 23.1. The first-order valence-electron chi connectivity index (χ1n) is 13.8. The molecule has 1 unspecified atom stereocenters. The number of aromatic hydroxyl groups is 1. The first-order valence-corrected chi connectivity index (χ1v) is 13.8. The number of aliphatic hydroxyl groups excluding tert-OH is 1. The Hall–Kier alpha value is -5.30. The van der Waals surface area contributed by atoms with Crippen molar-refractivity contribution in [2.75, 3.05) is 6.54 Å². The molecule has 3 N–H and O–H groups in total. The molecule has 6 rings (SSSR count). The number of rotatable bonds is 8. The van der Waals surface area contributed by atoms with Crippen molar-refractivity contribution in [3.8, 4) is 11.5 Å². The topological polar surface area (TPSA) is 103 Å². The van der Waals surface area contributed by atoms with E-state index in [0.29, 0.717) is 29.9 Å². The third-order valence-electron chi connectivity index (χ3n) is 7.73. The molecule has 1 atom stereocenters. The van der Waals surface area contributed by atoms with Gasteiger partial charge in [-0.05, 0) is 72.0 Å². The van der Waals surface area contributed by atoms with Gasteiger partial charge in [0.05, 0.1) is 11.6 Å². The van der Waals surface area contributed by atoms with Crippen LogP contribution in [0.2, 0.25) is 0 Å². The van der Waals surface area contributed by atoms with Crippen LogP contribution in [0.25, 0.3) is 16.7 Å². The van der Waals surface area contributed by atoms with Crippen molar-refractivity contribution in [2.24, 2.45) is 0 Å². The Labute approximate surface area is 243 Å². The van der Waals surface area contributed by atoms with Crippen LogP contribution in [-0.2, 0) is 22.6 Å².